The van der Waals surface area contributed by atoms with Crippen LogP contribution in [0.25, 0.3) is 0 Å². The Morgan fingerprint density at radius 1 is 1.50 bits per heavy atom. The summed E-state index contributed by atoms with van der Waals surface area (Å²) >= 11 is 0. The Bertz CT molecular complexity index is 278. The zero-order valence-electron chi connectivity index (χ0n) is 8.73. The second-order valence-electron chi connectivity index (χ2n) is 3.27. The highest BCUT2D eigenvalue weighted by Gasteiger charge is 2.04. The van der Waals surface area contributed by atoms with Gasteiger partial charge in [-0.1, -0.05) is 13.3 Å². The molecule has 0 fully saturated rings. The average Bonchev–Trinajstić information content (AvgIpc) is 2.18. The summed E-state index contributed by atoms with van der Waals surface area (Å²) in [5.41, 5.74) is 6.21. The fraction of sp³-hybridized carbons (Fsp3) is 0.600. The summed E-state index contributed by atoms with van der Waals surface area (Å²) in [4.78, 5) is 8.20. The molecule has 0 saturated carbocycles. The molecule has 0 amide bonds. The smallest absolute Gasteiger partial charge is 0.232 e. The lowest BCUT2D eigenvalue weighted by atomic mass is 10.2. The first-order chi connectivity index (χ1) is 6.76. The fourth-order valence-electron chi connectivity index (χ4n) is 1.21. The lowest BCUT2D eigenvalue weighted by Crippen LogP contribution is -2.13. The van der Waals surface area contributed by atoms with Crippen LogP contribution in [0.4, 0.5) is 0 Å². The van der Waals surface area contributed by atoms with E-state index >= 15 is 0 Å². The molecular formula is C10H17N3O. The molecule has 4 heteroatoms. The highest BCUT2D eigenvalue weighted by atomic mass is 16.5. The standard InChI is InChI=1S/C10H17N3O/c1-3-4-8(2)14-10-7-12-6-9(5-11)13-10/h6-8H,3-5,11H2,1-2H3. The molecule has 0 aromatic carbocycles. The zero-order chi connectivity index (χ0) is 10.4. The number of rotatable bonds is 5. The third kappa shape index (κ3) is 3.30. The van der Waals surface area contributed by atoms with Gasteiger partial charge in [-0.3, -0.25) is 4.98 Å². The van der Waals surface area contributed by atoms with Gasteiger partial charge in [-0.15, -0.1) is 0 Å². The van der Waals surface area contributed by atoms with Crippen molar-refractivity contribution in [1.29, 1.82) is 0 Å². The van der Waals surface area contributed by atoms with Crippen LogP contribution in [0.15, 0.2) is 12.4 Å². The molecule has 0 aliphatic rings. The van der Waals surface area contributed by atoms with Crippen molar-refractivity contribution in [1.82, 2.24) is 9.97 Å². The van der Waals surface area contributed by atoms with Crippen LogP contribution >= 0.6 is 0 Å². The Balaban J connectivity index is 2.57. The highest BCUT2D eigenvalue weighted by Crippen LogP contribution is 2.09. The topological polar surface area (TPSA) is 61.0 Å². The van der Waals surface area contributed by atoms with Crippen molar-refractivity contribution in [2.45, 2.75) is 39.3 Å². The lowest BCUT2D eigenvalue weighted by molar-refractivity contribution is 0.200. The second kappa shape index (κ2) is 5.54. The van der Waals surface area contributed by atoms with E-state index in [2.05, 4.69) is 16.9 Å². The maximum Gasteiger partial charge on any atom is 0.232 e. The summed E-state index contributed by atoms with van der Waals surface area (Å²) in [5, 5.41) is 0. The van der Waals surface area contributed by atoms with Crippen LogP contribution in [0.2, 0.25) is 0 Å². The molecule has 0 bridgehead atoms. The van der Waals surface area contributed by atoms with Gasteiger partial charge < -0.3 is 10.5 Å². The number of hydrogen-bond acceptors (Lipinski definition) is 4. The van der Waals surface area contributed by atoms with Crippen molar-refractivity contribution in [3.63, 3.8) is 0 Å². The minimum Gasteiger partial charge on any atom is -0.474 e. The number of nitrogens with zero attached hydrogens (tertiary/aromatic N) is 2. The third-order valence-corrected chi connectivity index (χ3v) is 1.89. The van der Waals surface area contributed by atoms with Crippen LogP contribution < -0.4 is 10.5 Å². The van der Waals surface area contributed by atoms with Crippen LogP contribution in [0.1, 0.15) is 32.4 Å². The molecule has 1 aromatic rings. The maximum absolute atomic E-state index is 5.57. The first kappa shape index (κ1) is 10.9. The van der Waals surface area contributed by atoms with Crippen molar-refractivity contribution in [3.8, 4) is 5.88 Å². The van der Waals surface area contributed by atoms with Gasteiger partial charge in [0.15, 0.2) is 0 Å². The molecule has 0 saturated heterocycles. The first-order valence-electron chi connectivity index (χ1n) is 4.94. The molecule has 1 heterocycles. The Hall–Kier alpha value is -1.16. The van der Waals surface area contributed by atoms with E-state index in [4.69, 9.17) is 10.5 Å². The number of aromatic nitrogens is 2. The molecule has 0 radical (unpaired) electrons. The normalized spacial score (nSPS) is 12.5. The van der Waals surface area contributed by atoms with Gasteiger partial charge in [-0.2, -0.15) is 0 Å². The van der Waals surface area contributed by atoms with Gasteiger partial charge in [0.1, 0.15) is 0 Å². The second-order valence-corrected chi connectivity index (χ2v) is 3.27. The van der Waals surface area contributed by atoms with E-state index in [9.17, 15) is 0 Å². The first-order valence-corrected chi connectivity index (χ1v) is 4.94. The van der Waals surface area contributed by atoms with Crippen molar-refractivity contribution in [2.24, 2.45) is 5.73 Å². The lowest BCUT2D eigenvalue weighted by Gasteiger charge is -2.12. The summed E-state index contributed by atoms with van der Waals surface area (Å²) in [6, 6.07) is 0. The van der Waals surface area contributed by atoms with Crippen LogP contribution in [-0.4, -0.2) is 16.1 Å². The SMILES string of the molecule is CCCC(C)Oc1cncc(CN)n1. The van der Waals surface area contributed by atoms with Gasteiger partial charge in [0.2, 0.25) is 5.88 Å². The third-order valence-electron chi connectivity index (χ3n) is 1.89. The minimum absolute atomic E-state index is 0.183. The predicted molar refractivity (Wildman–Crippen MR) is 54.9 cm³/mol. The van der Waals surface area contributed by atoms with Gasteiger partial charge in [0.25, 0.3) is 0 Å². The van der Waals surface area contributed by atoms with Gasteiger partial charge in [0.05, 0.1) is 18.0 Å². The van der Waals surface area contributed by atoms with Crippen molar-refractivity contribution in [3.05, 3.63) is 18.1 Å². The molecule has 1 unspecified atom stereocenters. The molecule has 78 valence electrons. The van der Waals surface area contributed by atoms with E-state index in [-0.39, 0.29) is 6.10 Å². The number of ether oxygens (including phenoxy) is 1. The molecule has 0 aliphatic heterocycles. The Labute approximate surface area is 84.5 Å². The fourth-order valence-corrected chi connectivity index (χ4v) is 1.21. The average molecular weight is 195 g/mol. The summed E-state index contributed by atoms with van der Waals surface area (Å²) in [7, 11) is 0. The van der Waals surface area contributed by atoms with Crippen molar-refractivity contribution in [2.75, 3.05) is 0 Å². The quantitative estimate of drug-likeness (QED) is 0.773. The Morgan fingerprint density at radius 3 is 2.93 bits per heavy atom. The highest BCUT2D eigenvalue weighted by molar-refractivity contribution is 5.08. The Morgan fingerprint density at radius 2 is 2.29 bits per heavy atom. The number of nitrogens with two attached hydrogens (primary N) is 1. The van der Waals surface area contributed by atoms with E-state index in [0.29, 0.717) is 12.4 Å². The van der Waals surface area contributed by atoms with E-state index in [1.807, 2.05) is 6.92 Å². The zero-order valence-corrected chi connectivity index (χ0v) is 8.73. The summed E-state index contributed by atoms with van der Waals surface area (Å²) < 4.78 is 5.57. The van der Waals surface area contributed by atoms with Crippen molar-refractivity contribution >= 4 is 0 Å². The largest absolute Gasteiger partial charge is 0.474 e. The van der Waals surface area contributed by atoms with Crippen molar-refractivity contribution < 1.29 is 4.74 Å². The monoisotopic (exact) mass is 195 g/mol. The van der Waals surface area contributed by atoms with E-state index < -0.39 is 0 Å². The summed E-state index contributed by atoms with van der Waals surface area (Å²) in [5.74, 6) is 0.564. The molecule has 1 atom stereocenters. The number of hydrogen-bond donors (Lipinski definition) is 1. The molecule has 1 aromatic heterocycles. The molecule has 14 heavy (non-hydrogen) atoms. The molecule has 1 rings (SSSR count). The van der Waals surface area contributed by atoms with Crippen LogP contribution in [-0.2, 0) is 6.54 Å². The summed E-state index contributed by atoms with van der Waals surface area (Å²) in [6.07, 6.45) is 5.57. The van der Waals surface area contributed by atoms with E-state index in [0.717, 1.165) is 18.5 Å². The molecule has 4 nitrogen and oxygen atoms in total. The van der Waals surface area contributed by atoms with E-state index in [1.54, 1.807) is 12.4 Å². The van der Waals surface area contributed by atoms with Crippen LogP contribution in [0.5, 0.6) is 5.88 Å². The Kier molecular flexibility index (Phi) is 4.32. The van der Waals surface area contributed by atoms with Gasteiger partial charge in [-0.05, 0) is 13.3 Å². The minimum atomic E-state index is 0.183. The van der Waals surface area contributed by atoms with E-state index in [1.165, 1.54) is 0 Å². The summed E-state index contributed by atoms with van der Waals surface area (Å²) in [6.45, 7) is 4.55. The van der Waals surface area contributed by atoms with Gasteiger partial charge in [-0.25, -0.2) is 4.98 Å². The molecule has 2 N–H and O–H groups in total. The molecule has 0 aliphatic carbocycles. The van der Waals surface area contributed by atoms with Gasteiger partial charge >= 0.3 is 0 Å². The van der Waals surface area contributed by atoms with Crippen LogP contribution in [0, 0.1) is 0 Å². The molecular weight excluding hydrogens is 178 g/mol. The predicted octanol–water partition coefficient (Wildman–Crippen LogP) is 1.50. The van der Waals surface area contributed by atoms with Crippen LogP contribution in [0.3, 0.4) is 0 Å². The maximum atomic E-state index is 5.57. The van der Waals surface area contributed by atoms with Gasteiger partial charge in [0, 0.05) is 12.7 Å². The molecule has 0 spiro atoms.